The van der Waals surface area contributed by atoms with E-state index in [1.165, 1.54) is 24.5 Å². The fourth-order valence-electron chi connectivity index (χ4n) is 2.59. The zero-order valence-electron chi connectivity index (χ0n) is 15.4. The van der Waals surface area contributed by atoms with Crippen LogP contribution < -0.4 is 10.0 Å². The Balaban J connectivity index is 1.88. The average molecular weight is 436 g/mol. The molecular formula is C19H18ClN3O3S2. The van der Waals surface area contributed by atoms with Gasteiger partial charge in [-0.15, -0.1) is 11.3 Å². The van der Waals surface area contributed by atoms with E-state index in [4.69, 9.17) is 11.6 Å². The Morgan fingerprint density at radius 2 is 1.79 bits per heavy atom. The maximum atomic E-state index is 12.7. The van der Waals surface area contributed by atoms with Gasteiger partial charge in [0.15, 0.2) is 0 Å². The van der Waals surface area contributed by atoms with Gasteiger partial charge < -0.3 is 5.32 Å². The summed E-state index contributed by atoms with van der Waals surface area (Å²) in [5.41, 5.74) is 2.45. The fourth-order valence-corrected chi connectivity index (χ4v) is 4.68. The van der Waals surface area contributed by atoms with Gasteiger partial charge in [0.05, 0.1) is 10.6 Å². The largest absolute Gasteiger partial charge is 0.321 e. The molecule has 0 radical (unpaired) electrons. The Morgan fingerprint density at radius 1 is 1.11 bits per heavy atom. The molecule has 1 aromatic heterocycles. The summed E-state index contributed by atoms with van der Waals surface area (Å²) < 4.78 is 26.5. The molecule has 0 atom stereocenters. The SMILES string of the molecule is CNS(=O)(=O)c1cc(NC(=O)c2sc(-c3ccc(Cl)cc3)nc2C)ccc1C. The van der Waals surface area contributed by atoms with Gasteiger partial charge >= 0.3 is 0 Å². The second kappa shape index (κ2) is 8.00. The van der Waals surface area contributed by atoms with Crippen molar-refractivity contribution < 1.29 is 13.2 Å². The number of aromatic nitrogens is 1. The number of benzene rings is 2. The number of amides is 1. The van der Waals surface area contributed by atoms with E-state index in [0.29, 0.717) is 31.9 Å². The summed E-state index contributed by atoms with van der Waals surface area (Å²) in [5.74, 6) is -0.341. The van der Waals surface area contributed by atoms with Crippen LogP contribution in [0.2, 0.25) is 5.02 Å². The Labute approximate surface area is 172 Å². The zero-order chi connectivity index (χ0) is 20.5. The maximum Gasteiger partial charge on any atom is 0.267 e. The van der Waals surface area contributed by atoms with Gasteiger partial charge in [0.25, 0.3) is 5.91 Å². The van der Waals surface area contributed by atoms with Gasteiger partial charge in [0.2, 0.25) is 10.0 Å². The monoisotopic (exact) mass is 435 g/mol. The fraction of sp³-hybridized carbons (Fsp3) is 0.158. The number of nitrogens with one attached hydrogen (secondary N) is 2. The molecule has 0 saturated carbocycles. The molecule has 2 aromatic carbocycles. The molecule has 0 aliphatic heterocycles. The minimum absolute atomic E-state index is 0.121. The molecule has 0 aliphatic rings. The van der Waals surface area contributed by atoms with Crippen LogP contribution in [0.4, 0.5) is 5.69 Å². The summed E-state index contributed by atoms with van der Waals surface area (Å²) >= 11 is 7.18. The van der Waals surface area contributed by atoms with Crippen molar-refractivity contribution in [2.75, 3.05) is 12.4 Å². The molecule has 9 heteroatoms. The summed E-state index contributed by atoms with van der Waals surface area (Å²) in [6.45, 7) is 3.46. The molecule has 2 N–H and O–H groups in total. The van der Waals surface area contributed by atoms with Crippen LogP contribution in [-0.4, -0.2) is 26.4 Å². The van der Waals surface area contributed by atoms with Crippen molar-refractivity contribution in [1.82, 2.24) is 9.71 Å². The van der Waals surface area contributed by atoms with Crippen LogP contribution in [-0.2, 0) is 10.0 Å². The number of carbonyl (C=O) groups excluding carboxylic acids is 1. The van der Waals surface area contributed by atoms with E-state index in [9.17, 15) is 13.2 Å². The van der Waals surface area contributed by atoms with Crippen LogP contribution in [0.15, 0.2) is 47.4 Å². The first kappa shape index (κ1) is 20.5. The molecule has 0 bridgehead atoms. The normalized spacial score (nSPS) is 11.4. The number of anilines is 1. The van der Waals surface area contributed by atoms with Crippen LogP contribution in [0, 0.1) is 13.8 Å². The highest BCUT2D eigenvalue weighted by Crippen LogP contribution is 2.29. The molecule has 3 aromatic rings. The van der Waals surface area contributed by atoms with Crippen molar-refractivity contribution in [1.29, 1.82) is 0 Å². The average Bonchev–Trinajstić information content (AvgIpc) is 3.05. The van der Waals surface area contributed by atoms with Crippen LogP contribution in [0.25, 0.3) is 10.6 Å². The summed E-state index contributed by atoms with van der Waals surface area (Å²) in [6.07, 6.45) is 0. The minimum Gasteiger partial charge on any atom is -0.321 e. The first-order valence-electron chi connectivity index (χ1n) is 8.30. The second-order valence-electron chi connectivity index (χ2n) is 6.08. The highest BCUT2D eigenvalue weighted by molar-refractivity contribution is 7.89. The molecule has 1 heterocycles. The second-order valence-corrected chi connectivity index (χ2v) is 9.37. The Hall–Kier alpha value is -2.26. The van der Waals surface area contributed by atoms with E-state index >= 15 is 0 Å². The van der Waals surface area contributed by atoms with Gasteiger partial charge in [-0.25, -0.2) is 18.1 Å². The van der Waals surface area contributed by atoms with Gasteiger partial charge in [-0.05, 0) is 50.7 Å². The third kappa shape index (κ3) is 4.25. The van der Waals surface area contributed by atoms with Crippen molar-refractivity contribution in [3.8, 4) is 10.6 Å². The van der Waals surface area contributed by atoms with Crippen molar-refractivity contribution >= 4 is 44.6 Å². The van der Waals surface area contributed by atoms with Crippen LogP contribution in [0.3, 0.4) is 0 Å². The number of hydrogen-bond acceptors (Lipinski definition) is 5. The van der Waals surface area contributed by atoms with Gasteiger partial charge in [-0.3, -0.25) is 4.79 Å². The minimum atomic E-state index is -3.62. The molecule has 0 fully saturated rings. The lowest BCUT2D eigenvalue weighted by Crippen LogP contribution is -2.20. The van der Waals surface area contributed by atoms with Gasteiger partial charge in [0, 0.05) is 16.3 Å². The number of hydrogen-bond donors (Lipinski definition) is 2. The predicted molar refractivity (Wildman–Crippen MR) is 113 cm³/mol. The molecule has 28 heavy (non-hydrogen) atoms. The molecule has 0 aliphatic carbocycles. The Bertz CT molecular complexity index is 1140. The van der Waals surface area contributed by atoms with E-state index in [1.54, 1.807) is 38.1 Å². The van der Waals surface area contributed by atoms with E-state index in [2.05, 4.69) is 15.0 Å². The molecule has 0 unspecified atom stereocenters. The number of halogens is 1. The highest BCUT2D eigenvalue weighted by Gasteiger charge is 2.19. The smallest absolute Gasteiger partial charge is 0.267 e. The molecule has 0 saturated heterocycles. The zero-order valence-corrected chi connectivity index (χ0v) is 17.8. The van der Waals surface area contributed by atoms with E-state index in [0.717, 1.165) is 5.56 Å². The van der Waals surface area contributed by atoms with Gasteiger partial charge in [-0.1, -0.05) is 29.8 Å². The number of nitrogens with zero attached hydrogens (tertiary/aromatic N) is 1. The van der Waals surface area contributed by atoms with Crippen molar-refractivity contribution in [2.45, 2.75) is 18.7 Å². The first-order chi connectivity index (χ1) is 13.2. The standard InChI is InChI=1S/C19H18ClN3O3S2/c1-11-4-9-15(10-16(11)28(25,26)21-3)23-18(24)17-12(2)22-19(27-17)13-5-7-14(20)8-6-13/h4-10,21H,1-3H3,(H,23,24). The van der Waals surface area contributed by atoms with E-state index < -0.39 is 10.0 Å². The maximum absolute atomic E-state index is 12.7. The summed E-state index contributed by atoms with van der Waals surface area (Å²) in [6, 6.07) is 12.0. The lowest BCUT2D eigenvalue weighted by Gasteiger charge is -2.10. The molecule has 3 rings (SSSR count). The molecule has 146 valence electrons. The highest BCUT2D eigenvalue weighted by atomic mass is 35.5. The van der Waals surface area contributed by atoms with Crippen molar-refractivity contribution in [3.63, 3.8) is 0 Å². The predicted octanol–water partition coefficient (Wildman–Crippen LogP) is 4.24. The first-order valence-corrected chi connectivity index (χ1v) is 11.0. The summed E-state index contributed by atoms with van der Waals surface area (Å²) in [5, 5.41) is 4.09. The summed E-state index contributed by atoms with van der Waals surface area (Å²) in [4.78, 5) is 17.8. The third-order valence-corrected chi connectivity index (χ3v) is 7.11. The Morgan fingerprint density at radius 3 is 2.43 bits per heavy atom. The van der Waals surface area contributed by atoms with E-state index in [1.807, 2.05) is 12.1 Å². The van der Waals surface area contributed by atoms with Gasteiger partial charge in [0.1, 0.15) is 9.88 Å². The molecule has 6 nitrogen and oxygen atoms in total. The molecule has 1 amide bonds. The summed E-state index contributed by atoms with van der Waals surface area (Å²) in [7, 11) is -2.27. The Kier molecular flexibility index (Phi) is 5.85. The van der Waals surface area contributed by atoms with Crippen molar-refractivity contribution in [2.24, 2.45) is 0 Å². The number of carbonyl (C=O) groups is 1. The lowest BCUT2D eigenvalue weighted by molar-refractivity contribution is 0.102. The quantitative estimate of drug-likeness (QED) is 0.627. The van der Waals surface area contributed by atoms with Crippen LogP contribution in [0.5, 0.6) is 0 Å². The molecule has 0 spiro atoms. The number of aryl methyl sites for hydroxylation is 2. The molecular weight excluding hydrogens is 418 g/mol. The topological polar surface area (TPSA) is 88.2 Å². The van der Waals surface area contributed by atoms with Crippen LogP contribution in [0.1, 0.15) is 20.9 Å². The lowest BCUT2D eigenvalue weighted by atomic mass is 10.2. The van der Waals surface area contributed by atoms with E-state index in [-0.39, 0.29) is 10.8 Å². The van der Waals surface area contributed by atoms with Crippen LogP contribution >= 0.6 is 22.9 Å². The van der Waals surface area contributed by atoms with Gasteiger partial charge in [-0.2, -0.15) is 0 Å². The number of thiazole rings is 1. The third-order valence-electron chi connectivity index (χ3n) is 4.10. The number of rotatable bonds is 5. The number of sulfonamides is 1. The van der Waals surface area contributed by atoms with Crippen molar-refractivity contribution in [3.05, 3.63) is 63.6 Å².